The van der Waals surface area contributed by atoms with Crippen molar-refractivity contribution in [2.45, 2.75) is 0 Å². The zero-order valence-corrected chi connectivity index (χ0v) is 13.0. The Hall–Kier alpha value is -1.45. The van der Waals surface area contributed by atoms with Crippen LogP contribution in [0.4, 0.5) is 0 Å². The van der Waals surface area contributed by atoms with Crippen molar-refractivity contribution in [1.82, 2.24) is 25.5 Å². The quantitative estimate of drug-likeness (QED) is 0.558. The SMILES string of the molecule is CN1CCN=C1NCCNC(=O)c1cnccn1.I. The summed E-state index contributed by atoms with van der Waals surface area (Å²) in [6.45, 7) is 2.91. The van der Waals surface area contributed by atoms with Crippen LogP contribution in [0.2, 0.25) is 0 Å². The fourth-order valence-corrected chi connectivity index (χ4v) is 1.58. The van der Waals surface area contributed by atoms with E-state index in [-0.39, 0.29) is 29.9 Å². The minimum atomic E-state index is -0.216. The van der Waals surface area contributed by atoms with E-state index >= 15 is 0 Å². The van der Waals surface area contributed by atoms with Gasteiger partial charge in [-0.3, -0.25) is 14.8 Å². The van der Waals surface area contributed by atoms with Crippen LogP contribution in [0.5, 0.6) is 0 Å². The molecule has 104 valence electrons. The number of rotatable bonds is 4. The molecule has 0 aromatic carbocycles. The molecule has 0 radical (unpaired) electrons. The molecule has 0 saturated heterocycles. The van der Waals surface area contributed by atoms with Crippen molar-refractivity contribution >= 4 is 35.8 Å². The van der Waals surface area contributed by atoms with Crippen LogP contribution >= 0.6 is 24.0 Å². The summed E-state index contributed by atoms with van der Waals surface area (Å²) in [5.74, 6) is 0.662. The molecule has 0 fully saturated rings. The first-order chi connectivity index (χ1) is 8.77. The Morgan fingerprint density at radius 2 is 2.26 bits per heavy atom. The van der Waals surface area contributed by atoms with Gasteiger partial charge in [-0.2, -0.15) is 0 Å². The van der Waals surface area contributed by atoms with Gasteiger partial charge in [0, 0.05) is 39.1 Å². The van der Waals surface area contributed by atoms with Crippen molar-refractivity contribution in [3.05, 3.63) is 24.3 Å². The number of guanidine groups is 1. The van der Waals surface area contributed by atoms with E-state index in [4.69, 9.17) is 0 Å². The lowest BCUT2D eigenvalue weighted by atomic mass is 10.4. The predicted molar refractivity (Wildman–Crippen MR) is 82.7 cm³/mol. The van der Waals surface area contributed by atoms with E-state index in [1.807, 2.05) is 11.9 Å². The van der Waals surface area contributed by atoms with Crippen molar-refractivity contribution in [3.8, 4) is 0 Å². The summed E-state index contributed by atoms with van der Waals surface area (Å²) in [6.07, 6.45) is 4.47. The Morgan fingerprint density at radius 3 is 2.89 bits per heavy atom. The maximum atomic E-state index is 11.6. The number of aliphatic imine (C=N–C) groups is 1. The number of hydrogen-bond donors (Lipinski definition) is 2. The van der Waals surface area contributed by atoms with Crippen LogP contribution in [-0.2, 0) is 0 Å². The lowest BCUT2D eigenvalue weighted by molar-refractivity contribution is 0.0949. The Labute approximate surface area is 128 Å². The standard InChI is InChI=1S/C11H16N6O.HI/c1-17-7-6-16-11(17)15-5-4-14-10(18)9-8-12-2-3-13-9;/h2-3,8H,4-7H2,1H3,(H,14,18)(H,15,16);1H. The second-order valence-corrected chi connectivity index (χ2v) is 3.90. The highest BCUT2D eigenvalue weighted by Crippen LogP contribution is 1.94. The number of hydrogen-bond acceptors (Lipinski definition) is 6. The lowest BCUT2D eigenvalue weighted by Crippen LogP contribution is -2.40. The molecule has 7 nitrogen and oxygen atoms in total. The lowest BCUT2D eigenvalue weighted by Gasteiger charge is -2.15. The van der Waals surface area contributed by atoms with Crippen LogP contribution in [0.15, 0.2) is 23.6 Å². The molecule has 1 amide bonds. The highest BCUT2D eigenvalue weighted by molar-refractivity contribution is 14.0. The average Bonchev–Trinajstić information content (AvgIpc) is 2.81. The summed E-state index contributed by atoms with van der Waals surface area (Å²) in [4.78, 5) is 25.7. The first-order valence-electron chi connectivity index (χ1n) is 5.81. The molecule has 1 aromatic rings. The van der Waals surface area contributed by atoms with Crippen LogP contribution in [0.25, 0.3) is 0 Å². The maximum Gasteiger partial charge on any atom is 0.271 e. The number of aromatic nitrogens is 2. The van der Waals surface area contributed by atoms with E-state index in [1.165, 1.54) is 18.6 Å². The second-order valence-electron chi connectivity index (χ2n) is 3.90. The third kappa shape index (κ3) is 4.62. The van der Waals surface area contributed by atoms with Crippen molar-refractivity contribution < 1.29 is 4.79 Å². The van der Waals surface area contributed by atoms with E-state index in [0.29, 0.717) is 18.8 Å². The fraction of sp³-hybridized carbons (Fsp3) is 0.455. The largest absolute Gasteiger partial charge is 0.354 e. The molecule has 0 saturated carbocycles. The predicted octanol–water partition coefficient (Wildman–Crippen LogP) is -0.285. The molecule has 2 N–H and O–H groups in total. The van der Waals surface area contributed by atoms with E-state index < -0.39 is 0 Å². The zero-order valence-electron chi connectivity index (χ0n) is 10.7. The molecule has 1 aliphatic heterocycles. The highest BCUT2D eigenvalue weighted by atomic mass is 127. The van der Waals surface area contributed by atoms with Crippen LogP contribution < -0.4 is 10.6 Å². The minimum Gasteiger partial charge on any atom is -0.354 e. The van der Waals surface area contributed by atoms with Crippen molar-refractivity contribution in [2.24, 2.45) is 4.99 Å². The summed E-state index contributed by atoms with van der Waals surface area (Å²) in [6, 6.07) is 0. The molecule has 2 rings (SSSR count). The fourth-order valence-electron chi connectivity index (χ4n) is 1.58. The highest BCUT2D eigenvalue weighted by Gasteiger charge is 2.11. The van der Waals surface area contributed by atoms with Gasteiger partial charge in [-0.05, 0) is 0 Å². The van der Waals surface area contributed by atoms with E-state index in [0.717, 1.165) is 19.0 Å². The van der Waals surface area contributed by atoms with Gasteiger partial charge in [0.25, 0.3) is 5.91 Å². The molecule has 1 aliphatic rings. The van der Waals surface area contributed by atoms with Gasteiger partial charge in [0.2, 0.25) is 0 Å². The van der Waals surface area contributed by atoms with Crippen LogP contribution in [0.1, 0.15) is 10.5 Å². The Kier molecular flexibility index (Phi) is 6.46. The van der Waals surface area contributed by atoms with E-state index in [9.17, 15) is 4.79 Å². The Morgan fingerprint density at radius 1 is 1.42 bits per heavy atom. The molecule has 0 atom stereocenters. The number of halogens is 1. The normalized spacial score (nSPS) is 13.5. The van der Waals surface area contributed by atoms with Gasteiger partial charge in [0.05, 0.1) is 12.7 Å². The van der Waals surface area contributed by atoms with Crippen molar-refractivity contribution in [3.63, 3.8) is 0 Å². The molecule has 8 heteroatoms. The molecule has 0 unspecified atom stereocenters. The third-order valence-corrected chi connectivity index (χ3v) is 2.55. The summed E-state index contributed by atoms with van der Waals surface area (Å²) in [7, 11) is 1.98. The van der Waals surface area contributed by atoms with Crippen molar-refractivity contribution in [2.75, 3.05) is 33.2 Å². The number of nitrogens with one attached hydrogen (secondary N) is 2. The molecule has 19 heavy (non-hydrogen) atoms. The summed E-state index contributed by atoms with van der Waals surface area (Å²) >= 11 is 0. The van der Waals surface area contributed by atoms with Crippen LogP contribution in [0, 0.1) is 0 Å². The van der Waals surface area contributed by atoms with E-state index in [2.05, 4.69) is 25.6 Å². The first-order valence-corrected chi connectivity index (χ1v) is 5.81. The molecule has 2 heterocycles. The monoisotopic (exact) mass is 376 g/mol. The topological polar surface area (TPSA) is 82.5 Å². The minimum absolute atomic E-state index is 0. The second kappa shape index (κ2) is 7.87. The number of nitrogens with zero attached hydrogens (tertiary/aromatic N) is 4. The molecule has 1 aromatic heterocycles. The van der Waals surface area contributed by atoms with Gasteiger partial charge < -0.3 is 15.5 Å². The number of amides is 1. The molecule has 0 bridgehead atoms. The van der Waals surface area contributed by atoms with Crippen LogP contribution in [0.3, 0.4) is 0 Å². The zero-order chi connectivity index (χ0) is 12.8. The average molecular weight is 376 g/mol. The van der Waals surface area contributed by atoms with E-state index in [1.54, 1.807) is 0 Å². The molecular formula is C11H17IN6O. The van der Waals surface area contributed by atoms with Gasteiger partial charge in [-0.15, -0.1) is 24.0 Å². The molecule has 0 spiro atoms. The number of carbonyl (C=O) groups excluding carboxylic acids is 1. The van der Waals surface area contributed by atoms with Gasteiger partial charge in [-0.25, -0.2) is 4.98 Å². The first kappa shape index (κ1) is 15.6. The van der Waals surface area contributed by atoms with Gasteiger partial charge >= 0.3 is 0 Å². The summed E-state index contributed by atoms with van der Waals surface area (Å²) in [5, 5.41) is 5.92. The van der Waals surface area contributed by atoms with Crippen molar-refractivity contribution in [1.29, 1.82) is 0 Å². The van der Waals surface area contributed by atoms with Gasteiger partial charge in [0.1, 0.15) is 5.69 Å². The number of carbonyl (C=O) groups is 1. The Bertz CT molecular complexity index is 438. The molecular weight excluding hydrogens is 359 g/mol. The maximum absolute atomic E-state index is 11.6. The van der Waals surface area contributed by atoms with Gasteiger partial charge in [0.15, 0.2) is 5.96 Å². The Balaban J connectivity index is 0.00000180. The third-order valence-electron chi connectivity index (χ3n) is 2.55. The smallest absolute Gasteiger partial charge is 0.271 e. The summed E-state index contributed by atoms with van der Waals surface area (Å²) in [5.41, 5.74) is 0.327. The summed E-state index contributed by atoms with van der Waals surface area (Å²) < 4.78 is 0. The van der Waals surface area contributed by atoms with Crippen LogP contribution in [-0.4, -0.2) is 60.0 Å². The molecule has 0 aliphatic carbocycles. The van der Waals surface area contributed by atoms with Gasteiger partial charge in [-0.1, -0.05) is 0 Å². The number of likely N-dealkylation sites (N-methyl/N-ethyl adjacent to an activating group) is 1.